The molecule has 3 heterocycles. The molecule has 0 bridgehead atoms. The van der Waals surface area contributed by atoms with Crippen LogP contribution in [-0.2, 0) is 76.7 Å². The van der Waals surface area contributed by atoms with Crippen molar-refractivity contribution in [2.45, 2.75) is 133 Å². The lowest BCUT2D eigenvalue weighted by Gasteiger charge is -2.51. The molecule has 0 N–H and O–H groups in total. The zero-order valence-electron chi connectivity index (χ0n) is 36.9. The minimum atomic E-state index is -1.05. The minimum absolute atomic E-state index is 0.209. The fraction of sp³-hybridized carbons (Fsp3) is 0.510. The van der Waals surface area contributed by atoms with Gasteiger partial charge in [-0.3, -0.25) is 0 Å². The molecule has 4 aromatic carbocycles. The maximum absolute atomic E-state index is 7.24. The number of halogens is 1. The van der Waals surface area contributed by atoms with Gasteiger partial charge in [0.15, 0.2) is 12.6 Å². The van der Waals surface area contributed by atoms with E-state index in [4.69, 9.17) is 61.6 Å². The van der Waals surface area contributed by atoms with E-state index in [2.05, 4.69) is 22.6 Å². The lowest BCUT2D eigenvalue weighted by Crippen LogP contribution is -2.67. The first-order chi connectivity index (χ1) is 30.7. The van der Waals surface area contributed by atoms with Gasteiger partial charge in [-0.25, -0.2) is 0 Å². The monoisotopic (exact) mass is 984 g/mol. The van der Waals surface area contributed by atoms with E-state index in [1.54, 1.807) is 28.4 Å². The Hall–Kier alpha value is -3.07. The number of benzene rings is 4. The summed E-state index contributed by atoms with van der Waals surface area (Å²) in [5.74, 6) is 0.620. The summed E-state index contributed by atoms with van der Waals surface area (Å²) in [6, 6.07) is 37.6. The average Bonchev–Trinajstić information content (AvgIpc) is 3.30. The summed E-state index contributed by atoms with van der Waals surface area (Å²) >= 11 is 2.26. The van der Waals surface area contributed by atoms with Gasteiger partial charge in [-0.15, -0.1) is 0 Å². The van der Waals surface area contributed by atoms with E-state index in [9.17, 15) is 0 Å². The summed E-state index contributed by atoms with van der Waals surface area (Å²) in [6.07, 6.45) is -10.6. The molecule has 13 nitrogen and oxygen atoms in total. The molecule has 63 heavy (non-hydrogen) atoms. The van der Waals surface area contributed by atoms with Crippen LogP contribution >= 0.6 is 22.6 Å². The Morgan fingerprint density at radius 2 is 0.762 bits per heavy atom. The average molecular weight is 985 g/mol. The zero-order valence-corrected chi connectivity index (χ0v) is 39.1. The van der Waals surface area contributed by atoms with Gasteiger partial charge in [0.05, 0.1) is 38.1 Å². The molecule has 3 fully saturated rings. The Labute approximate surface area is 384 Å². The van der Waals surface area contributed by atoms with Crippen molar-refractivity contribution >= 4 is 22.6 Å². The number of rotatable bonds is 19. The number of hydrogen-bond acceptors (Lipinski definition) is 13. The standard InChI is InChI=1S/C49H61IO13/c1-30-38(51-4)41(52-5)44(53-6)48(58-30)63-43-40(56-28-34-19-13-9-14-20-34)32(3)60-49(46(43)57-29-35-21-15-10-16-22-35)62-42-39(55-27-33-17-11-8-12-18-33)31(2)59-47(45(42)54-7)61-37-25-23-36(50)24-26-37/h8-26,30-32,38-49H,27-29H2,1-7H3/t30-,31-,32-,38+,39-,40-,41+,42+,43+,44-,45+,46+,47-,48-,49-/m0/s1. The quantitative estimate of drug-likeness (QED) is 0.0865. The Balaban J connectivity index is 1.26. The van der Waals surface area contributed by atoms with Gasteiger partial charge in [-0.2, -0.15) is 0 Å². The molecule has 342 valence electrons. The fourth-order valence-electron chi connectivity index (χ4n) is 8.53. The molecule has 0 saturated carbocycles. The molecule has 0 aliphatic carbocycles. The van der Waals surface area contributed by atoms with Crippen LogP contribution < -0.4 is 4.74 Å². The van der Waals surface area contributed by atoms with Gasteiger partial charge in [0, 0.05) is 32.0 Å². The number of hydrogen-bond donors (Lipinski definition) is 0. The van der Waals surface area contributed by atoms with Crippen LogP contribution in [0.15, 0.2) is 115 Å². The first-order valence-corrected chi connectivity index (χ1v) is 22.6. The number of methoxy groups -OCH3 is 4. The highest BCUT2D eigenvalue weighted by atomic mass is 127. The minimum Gasteiger partial charge on any atom is -0.462 e. The van der Waals surface area contributed by atoms with Crippen molar-refractivity contribution in [2.75, 3.05) is 28.4 Å². The molecular formula is C49H61IO13. The highest BCUT2D eigenvalue weighted by Gasteiger charge is 2.55. The third kappa shape index (κ3) is 12.0. The Morgan fingerprint density at radius 3 is 1.21 bits per heavy atom. The third-order valence-electron chi connectivity index (χ3n) is 11.8. The van der Waals surface area contributed by atoms with Crippen LogP contribution in [0.5, 0.6) is 5.75 Å². The second-order valence-electron chi connectivity index (χ2n) is 16.0. The molecule has 0 radical (unpaired) electrons. The van der Waals surface area contributed by atoms with Gasteiger partial charge in [-0.1, -0.05) is 91.0 Å². The maximum atomic E-state index is 7.24. The number of ether oxygens (including phenoxy) is 13. The van der Waals surface area contributed by atoms with Gasteiger partial charge >= 0.3 is 0 Å². The van der Waals surface area contributed by atoms with E-state index in [1.165, 1.54) is 0 Å². The second-order valence-corrected chi connectivity index (χ2v) is 17.2. The largest absolute Gasteiger partial charge is 0.462 e. The lowest BCUT2D eigenvalue weighted by molar-refractivity contribution is -0.385. The highest BCUT2D eigenvalue weighted by molar-refractivity contribution is 14.1. The molecule has 0 spiro atoms. The van der Waals surface area contributed by atoms with Crippen molar-refractivity contribution in [3.8, 4) is 5.75 Å². The van der Waals surface area contributed by atoms with Crippen LogP contribution in [-0.4, -0.2) is 121 Å². The normalized spacial score (nSPS) is 33.5. The Morgan fingerprint density at radius 1 is 0.397 bits per heavy atom. The molecule has 15 atom stereocenters. The van der Waals surface area contributed by atoms with E-state index in [1.807, 2.05) is 136 Å². The first-order valence-electron chi connectivity index (χ1n) is 21.5. The molecule has 14 heteroatoms. The molecular weight excluding hydrogens is 923 g/mol. The predicted octanol–water partition coefficient (Wildman–Crippen LogP) is 7.49. The highest BCUT2D eigenvalue weighted by Crippen LogP contribution is 2.38. The summed E-state index contributed by atoms with van der Waals surface area (Å²) in [5.41, 5.74) is 2.92. The van der Waals surface area contributed by atoms with Crippen molar-refractivity contribution in [3.05, 3.63) is 136 Å². The topological polar surface area (TPSA) is 120 Å². The Kier molecular flexibility index (Phi) is 17.8. The van der Waals surface area contributed by atoms with Crippen molar-refractivity contribution in [1.82, 2.24) is 0 Å². The first kappa shape index (κ1) is 47.9. The third-order valence-corrected chi connectivity index (χ3v) is 12.5. The molecule has 0 amide bonds. The van der Waals surface area contributed by atoms with Crippen LogP contribution in [0.1, 0.15) is 37.5 Å². The molecule has 3 saturated heterocycles. The van der Waals surface area contributed by atoms with E-state index in [-0.39, 0.29) is 13.2 Å². The molecule has 0 aromatic heterocycles. The smallest absolute Gasteiger partial charge is 0.229 e. The van der Waals surface area contributed by atoms with Gasteiger partial charge < -0.3 is 61.6 Å². The zero-order chi connectivity index (χ0) is 44.3. The van der Waals surface area contributed by atoms with Crippen LogP contribution in [0.2, 0.25) is 0 Å². The summed E-state index contributed by atoms with van der Waals surface area (Å²) in [6.45, 7) is 6.61. The van der Waals surface area contributed by atoms with E-state index >= 15 is 0 Å². The van der Waals surface area contributed by atoms with Crippen LogP contribution in [0, 0.1) is 3.57 Å². The van der Waals surface area contributed by atoms with E-state index < -0.39 is 92.1 Å². The van der Waals surface area contributed by atoms with Crippen LogP contribution in [0.3, 0.4) is 0 Å². The van der Waals surface area contributed by atoms with Crippen molar-refractivity contribution in [2.24, 2.45) is 0 Å². The van der Waals surface area contributed by atoms with Gasteiger partial charge in [0.1, 0.15) is 60.7 Å². The lowest BCUT2D eigenvalue weighted by atomic mass is 9.95. The fourth-order valence-corrected chi connectivity index (χ4v) is 8.88. The van der Waals surface area contributed by atoms with Gasteiger partial charge in [-0.05, 0) is 84.3 Å². The van der Waals surface area contributed by atoms with Crippen LogP contribution in [0.4, 0.5) is 0 Å². The van der Waals surface area contributed by atoms with Crippen LogP contribution in [0.25, 0.3) is 0 Å². The summed E-state index contributed by atoms with van der Waals surface area (Å²) in [7, 11) is 6.47. The van der Waals surface area contributed by atoms with Crippen molar-refractivity contribution in [1.29, 1.82) is 0 Å². The SMILES string of the molecule is CO[C@H]1[C@H](OC)[C@H](O[C@@H]2[C@@H](OCc3ccccc3)[C@H](C)O[C@@H](O[C@@H]3[C@@H](OCc4ccccc4)[C@H](C)O[C@@H](Oc4ccc(I)cc4)[C@@H]3OC)[C@@H]2OCc2ccccc2)O[C@@H](C)[C@H]1OC. The Bertz CT molecular complexity index is 1910. The van der Waals surface area contributed by atoms with Gasteiger partial charge in [0.25, 0.3) is 0 Å². The van der Waals surface area contributed by atoms with Gasteiger partial charge in [0.2, 0.25) is 6.29 Å². The molecule has 7 rings (SSSR count). The maximum Gasteiger partial charge on any atom is 0.229 e. The van der Waals surface area contributed by atoms with Crippen molar-refractivity contribution in [3.63, 3.8) is 0 Å². The van der Waals surface area contributed by atoms with E-state index in [0.717, 1.165) is 20.3 Å². The van der Waals surface area contributed by atoms with E-state index in [0.29, 0.717) is 12.4 Å². The molecule has 3 aliphatic heterocycles. The van der Waals surface area contributed by atoms with Crippen molar-refractivity contribution < 1.29 is 61.6 Å². The summed E-state index contributed by atoms with van der Waals surface area (Å²) < 4.78 is 86.5. The molecule has 3 aliphatic rings. The summed E-state index contributed by atoms with van der Waals surface area (Å²) in [4.78, 5) is 0. The second kappa shape index (κ2) is 23.4. The predicted molar refractivity (Wildman–Crippen MR) is 241 cm³/mol. The molecule has 0 unspecified atom stereocenters. The summed E-state index contributed by atoms with van der Waals surface area (Å²) in [5, 5.41) is 0. The molecule has 4 aromatic rings.